The Bertz CT molecular complexity index is 686. The molecule has 2 saturated heterocycles. The molecule has 0 amide bonds. The third-order valence-electron chi connectivity index (χ3n) is 4.50. The van der Waals surface area contributed by atoms with Crippen molar-refractivity contribution in [2.75, 3.05) is 39.3 Å². The van der Waals surface area contributed by atoms with Crippen LogP contribution in [-0.2, 0) is 10.0 Å². The van der Waals surface area contributed by atoms with E-state index < -0.39 is 14.9 Å². The van der Waals surface area contributed by atoms with Gasteiger partial charge in [0, 0.05) is 44.8 Å². The summed E-state index contributed by atoms with van der Waals surface area (Å²) in [6, 6.07) is 5.99. The Hall–Kier alpha value is -1.26. The molecule has 0 saturated carbocycles. The molecule has 0 aromatic heterocycles. The summed E-state index contributed by atoms with van der Waals surface area (Å²) >= 11 is 0. The third-order valence-corrected chi connectivity index (χ3v) is 6.45. The van der Waals surface area contributed by atoms with Crippen molar-refractivity contribution >= 4 is 28.1 Å². The lowest BCUT2D eigenvalue weighted by Crippen LogP contribution is -2.52. The highest BCUT2D eigenvalue weighted by Gasteiger charge is 2.35. The number of para-hydroxylation sites is 1. The smallest absolute Gasteiger partial charge is 0.289 e. The SMILES string of the molecule is Cl.O=[N+]([O-])c1ccccc1S(=O)(=O)N1CCN(C2CCNC2)CC1. The summed E-state index contributed by atoms with van der Waals surface area (Å²) in [5, 5.41) is 14.4. The maximum absolute atomic E-state index is 12.7. The molecule has 3 rings (SSSR count). The summed E-state index contributed by atoms with van der Waals surface area (Å²) in [7, 11) is -3.84. The van der Waals surface area contributed by atoms with Gasteiger partial charge < -0.3 is 5.32 Å². The van der Waals surface area contributed by atoms with Gasteiger partial charge in [-0.25, -0.2) is 8.42 Å². The lowest BCUT2D eigenvalue weighted by molar-refractivity contribution is -0.387. The van der Waals surface area contributed by atoms with Gasteiger partial charge in [-0.3, -0.25) is 15.0 Å². The van der Waals surface area contributed by atoms with Gasteiger partial charge in [-0.15, -0.1) is 12.4 Å². The topological polar surface area (TPSA) is 95.8 Å². The van der Waals surface area contributed by atoms with E-state index >= 15 is 0 Å². The predicted octanol–water partition coefficient (Wildman–Crippen LogP) is 0.685. The molecule has 10 heteroatoms. The van der Waals surface area contributed by atoms with Crippen LogP contribution in [0.3, 0.4) is 0 Å². The maximum Gasteiger partial charge on any atom is 0.289 e. The van der Waals surface area contributed by atoms with E-state index in [1.54, 1.807) is 0 Å². The number of rotatable bonds is 4. The zero-order valence-corrected chi connectivity index (χ0v) is 14.8. The van der Waals surface area contributed by atoms with E-state index in [2.05, 4.69) is 10.2 Å². The van der Waals surface area contributed by atoms with Crippen molar-refractivity contribution < 1.29 is 13.3 Å². The average molecular weight is 377 g/mol. The van der Waals surface area contributed by atoms with E-state index in [1.165, 1.54) is 28.6 Å². The first kappa shape index (κ1) is 19.1. The van der Waals surface area contributed by atoms with E-state index in [1.807, 2.05) is 0 Å². The number of piperazine rings is 1. The lowest BCUT2D eigenvalue weighted by Gasteiger charge is -2.37. The number of nitrogens with zero attached hydrogens (tertiary/aromatic N) is 3. The number of nitro groups is 1. The van der Waals surface area contributed by atoms with Crippen LogP contribution in [-0.4, -0.2) is 67.9 Å². The number of benzene rings is 1. The first-order chi connectivity index (χ1) is 11.0. The Kier molecular flexibility index (Phi) is 6.16. The largest absolute Gasteiger partial charge is 0.315 e. The highest BCUT2D eigenvalue weighted by molar-refractivity contribution is 7.89. The summed E-state index contributed by atoms with van der Waals surface area (Å²) < 4.78 is 26.8. The molecule has 1 unspecified atom stereocenters. The van der Waals surface area contributed by atoms with Crippen molar-refractivity contribution in [2.24, 2.45) is 0 Å². The fourth-order valence-electron chi connectivity index (χ4n) is 3.23. The average Bonchev–Trinajstić information content (AvgIpc) is 3.09. The second kappa shape index (κ2) is 7.75. The van der Waals surface area contributed by atoms with Crippen LogP contribution in [0.5, 0.6) is 0 Å². The zero-order valence-electron chi connectivity index (χ0n) is 13.1. The Morgan fingerprint density at radius 1 is 1.17 bits per heavy atom. The summed E-state index contributed by atoms with van der Waals surface area (Å²) in [5.41, 5.74) is -0.366. The Labute approximate surface area is 147 Å². The normalized spacial score (nSPS) is 22.9. The quantitative estimate of drug-likeness (QED) is 0.613. The fourth-order valence-corrected chi connectivity index (χ4v) is 4.80. The minimum absolute atomic E-state index is 0. The summed E-state index contributed by atoms with van der Waals surface area (Å²) in [4.78, 5) is 12.5. The third kappa shape index (κ3) is 3.70. The standard InChI is InChI=1S/C14H20N4O4S.ClH/c19-18(20)13-3-1-2-4-14(13)23(21,22)17-9-7-16(8-10-17)12-5-6-15-11-12;/h1-4,12,15H,5-11H2;1H. The highest BCUT2D eigenvalue weighted by Crippen LogP contribution is 2.27. The van der Waals surface area contributed by atoms with E-state index in [-0.39, 0.29) is 23.0 Å². The molecule has 8 nitrogen and oxygen atoms in total. The van der Waals surface area contributed by atoms with Gasteiger partial charge in [0.25, 0.3) is 5.69 Å². The van der Waals surface area contributed by atoms with E-state index in [9.17, 15) is 18.5 Å². The molecule has 0 aliphatic carbocycles. The van der Waals surface area contributed by atoms with Crippen LogP contribution in [0.4, 0.5) is 5.69 Å². The van der Waals surface area contributed by atoms with Crippen molar-refractivity contribution in [3.05, 3.63) is 34.4 Å². The molecule has 1 N–H and O–H groups in total. The molecule has 24 heavy (non-hydrogen) atoms. The zero-order chi connectivity index (χ0) is 16.4. The van der Waals surface area contributed by atoms with Gasteiger partial charge in [-0.1, -0.05) is 12.1 Å². The van der Waals surface area contributed by atoms with E-state index in [4.69, 9.17) is 0 Å². The Balaban J connectivity index is 0.00000208. The number of hydrogen-bond donors (Lipinski definition) is 1. The van der Waals surface area contributed by atoms with Gasteiger partial charge in [-0.2, -0.15) is 4.31 Å². The van der Waals surface area contributed by atoms with Crippen molar-refractivity contribution in [2.45, 2.75) is 17.4 Å². The molecule has 2 aliphatic rings. The fraction of sp³-hybridized carbons (Fsp3) is 0.571. The van der Waals surface area contributed by atoms with Crippen LogP contribution in [0.1, 0.15) is 6.42 Å². The summed E-state index contributed by atoms with van der Waals surface area (Å²) in [6.45, 7) is 3.99. The maximum atomic E-state index is 12.7. The van der Waals surface area contributed by atoms with Gasteiger partial charge in [0.1, 0.15) is 0 Å². The molecule has 1 aromatic rings. The molecule has 1 aromatic carbocycles. The Morgan fingerprint density at radius 3 is 2.42 bits per heavy atom. The van der Waals surface area contributed by atoms with Crippen LogP contribution in [0.2, 0.25) is 0 Å². The molecule has 0 radical (unpaired) electrons. The molecule has 2 aliphatic heterocycles. The van der Waals surface area contributed by atoms with Crippen molar-refractivity contribution in [1.82, 2.24) is 14.5 Å². The highest BCUT2D eigenvalue weighted by atomic mass is 35.5. The van der Waals surface area contributed by atoms with Gasteiger partial charge in [-0.05, 0) is 19.0 Å². The molecular formula is C14H21ClN4O4S. The predicted molar refractivity (Wildman–Crippen MR) is 92.0 cm³/mol. The van der Waals surface area contributed by atoms with Crippen LogP contribution < -0.4 is 5.32 Å². The number of nitro benzene ring substituents is 1. The number of hydrogen-bond acceptors (Lipinski definition) is 6. The van der Waals surface area contributed by atoms with Crippen LogP contribution >= 0.6 is 12.4 Å². The minimum Gasteiger partial charge on any atom is -0.315 e. The van der Waals surface area contributed by atoms with Crippen molar-refractivity contribution in [1.29, 1.82) is 0 Å². The molecule has 2 fully saturated rings. The first-order valence-corrected chi connectivity index (χ1v) is 9.12. The molecule has 134 valence electrons. The van der Waals surface area contributed by atoms with Gasteiger partial charge in [0.15, 0.2) is 4.90 Å². The number of sulfonamides is 1. The Morgan fingerprint density at radius 2 is 1.83 bits per heavy atom. The van der Waals surface area contributed by atoms with Crippen molar-refractivity contribution in [3.63, 3.8) is 0 Å². The van der Waals surface area contributed by atoms with Crippen molar-refractivity contribution in [3.8, 4) is 0 Å². The molecule has 1 atom stereocenters. The van der Waals surface area contributed by atoms with Gasteiger partial charge in [0.05, 0.1) is 4.92 Å². The molecule has 2 heterocycles. The first-order valence-electron chi connectivity index (χ1n) is 7.68. The van der Waals surface area contributed by atoms with Gasteiger partial charge >= 0.3 is 0 Å². The second-order valence-electron chi connectivity index (χ2n) is 5.81. The van der Waals surface area contributed by atoms with Gasteiger partial charge in [0.2, 0.25) is 10.0 Å². The molecule has 0 spiro atoms. The molecule has 0 bridgehead atoms. The van der Waals surface area contributed by atoms with Crippen LogP contribution in [0.15, 0.2) is 29.2 Å². The van der Waals surface area contributed by atoms with Crippen LogP contribution in [0, 0.1) is 10.1 Å². The number of nitrogens with one attached hydrogen (secondary N) is 1. The second-order valence-corrected chi connectivity index (χ2v) is 7.72. The monoisotopic (exact) mass is 376 g/mol. The molecular weight excluding hydrogens is 356 g/mol. The lowest BCUT2D eigenvalue weighted by atomic mass is 10.2. The van der Waals surface area contributed by atoms with E-state index in [0.717, 1.165) is 19.5 Å². The summed E-state index contributed by atoms with van der Waals surface area (Å²) in [5.74, 6) is 0. The summed E-state index contributed by atoms with van der Waals surface area (Å²) in [6.07, 6.45) is 1.08. The minimum atomic E-state index is -3.84. The van der Waals surface area contributed by atoms with E-state index in [0.29, 0.717) is 32.2 Å². The number of halogens is 1. The van der Waals surface area contributed by atoms with Crippen LogP contribution in [0.25, 0.3) is 0 Å².